The number of anilines is 2. The molecule has 1 N–H and O–H groups in total. The fraction of sp³-hybridized carbons (Fsp3) is 0.435. The molecule has 0 aliphatic carbocycles. The van der Waals surface area contributed by atoms with E-state index in [0.717, 1.165) is 38.1 Å². The molecule has 158 valence electrons. The minimum absolute atomic E-state index is 0. The maximum Gasteiger partial charge on any atom is 0.255 e. The third-order valence-corrected chi connectivity index (χ3v) is 5.32. The van der Waals surface area contributed by atoms with Crippen LogP contribution in [-0.2, 0) is 0 Å². The van der Waals surface area contributed by atoms with Crippen LogP contribution >= 0.6 is 0 Å². The first-order chi connectivity index (χ1) is 14.0. The highest BCUT2D eigenvalue weighted by atomic mass is 19.1. The van der Waals surface area contributed by atoms with Crippen molar-refractivity contribution in [2.45, 2.75) is 32.2 Å². The zero-order chi connectivity index (χ0) is 20.8. The van der Waals surface area contributed by atoms with Gasteiger partial charge in [-0.3, -0.25) is 4.79 Å². The van der Waals surface area contributed by atoms with Gasteiger partial charge in [-0.1, -0.05) is 13.3 Å². The molecule has 1 aliphatic rings. The van der Waals surface area contributed by atoms with Crippen molar-refractivity contribution >= 4 is 17.3 Å². The highest BCUT2D eigenvalue weighted by Crippen LogP contribution is 2.27. The van der Waals surface area contributed by atoms with Gasteiger partial charge in [0.15, 0.2) is 0 Å². The minimum Gasteiger partial charge on any atom is -0.494 e. The van der Waals surface area contributed by atoms with Crippen molar-refractivity contribution in [2.24, 2.45) is 0 Å². The van der Waals surface area contributed by atoms with Crippen LogP contribution in [0.15, 0.2) is 42.5 Å². The topological polar surface area (TPSA) is 44.8 Å². The number of benzene rings is 2. The van der Waals surface area contributed by atoms with E-state index in [1.54, 1.807) is 36.4 Å². The average molecular weight is 402 g/mol. The number of ether oxygens (including phenoxy) is 1. The lowest BCUT2D eigenvalue weighted by atomic mass is 10.2. The Morgan fingerprint density at radius 3 is 2.66 bits per heavy atom. The first kappa shape index (κ1) is 21.1. The fourth-order valence-electron chi connectivity index (χ4n) is 3.46. The molecule has 0 saturated carbocycles. The Morgan fingerprint density at radius 1 is 1.28 bits per heavy atom. The first-order valence-corrected chi connectivity index (χ1v) is 10.2. The lowest BCUT2D eigenvalue weighted by molar-refractivity contribution is 0.102. The van der Waals surface area contributed by atoms with E-state index in [1.165, 1.54) is 6.07 Å². The summed E-state index contributed by atoms with van der Waals surface area (Å²) < 4.78 is 20.3. The van der Waals surface area contributed by atoms with E-state index in [-0.39, 0.29) is 13.2 Å². The molecule has 1 atom stereocenters. The number of rotatable bonds is 8. The molecule has 1 amide bonds. The first-order valence-electron chi connectivity index (χ1n) is 10.2. The Kier molecular flexibility index (Phi) is 7.09. The Bertz CT molecular complexity index is 830. The number of nitrogens with zero attached hydrogens (tertiary/aromatic N) is 2. The Hall–Kier alpha value is -2.60. The second-order valence-electron chi connectivity index (χ2n) is 7.70. The number of hydrogen-bond acceptors (Lipinski definition) is 4. The number of carbonyl (C=O) groups excluding carboxylic acids is 1. The van der Waals surface area contributed by atoms with E-state index in [4.69, 9.17) is 4.74 Å². The van der Waals surface area contributed by atoms with Crippen LogP contribution < -0.4 is 15.0 Å². The zero-order valence-electron chi connectivity index (χ0n) is 17.5. The van der Waals surface area contributed by atoms with E-state index in [1.807, 2.05) is 14.1 Å². The molecule has 1 saturated heterocycles. The number of unbranched alkanes of at least 4 members (excludes halogenated alkanes) is 1. The van der Waals surface area contributed by atoms with Crippen molar-refractivity contribution in [1.82, 2.24) is 4.90 Å². The summed E-state index contributed by atoms with van der Waals surface area (Å²) in [6, 6.07) is 12.3. The monoisotopic (exact) mass is 401 g/mol. The van der Waals surface area contributed by atoms with Crippen LogP contribution in [-0.4, -0.2) is 50.6 Å². The second kappa shape index (κ2) is 9.74. The van der Waals surface area contributed by atoms with Crippen molar-refractivity contribution in [3.05, 3.63) is 53.8 Å². The van der Waals surface area contributed by atoms with Crippen LogP contribution in [0, 0.1) is 5.82 Å². The number of likely N-dealkylation sites (N-methyl/N-ethyl adjacent to an activating group) is 1. The summed E-state index contributed by atoms with van der Waals surface area (Å²) in [4.78, 5) is 16.7. The number of nitrogens with one attached hydrogen (secondary N) is 1. The number of halogens is 1. The van der Waals surface area contributed by atoms with E-state index in [0.29, 0.717) is 29.6 Å². The molecule has 1 aliphatic heterocycles. The van der Waals surface area contributed by atoms with E-state index >= 15 is 0 Å². The van der Waals surface area contributed by atoms with Gasteiger partial charge in [-0.25, -0.2) is 4.39 Å². The van der Waals surface area contributed by atoms with Crippen molar-refractivity contribution in [1.29, 1.82) is 0 Å². The molecule has 0 bridgehead atoms. The lowest BCUT2D eigenvalue weighted by Crippen LogP contribution is -2.31. The normalized spacial score (nSPS) is 16.3. The van der Waals surface area contributed by atoms with E-state index in [9.17, 15) is 9.18 Å². The molecule has 0 radical (unpaired) electrons. The zero-order valence-corrected chi connectivity index (χ0v) is 17.5. The predicted octanol–water partition coefficient (Wildman–Crippen LogP) is 4.64. The van der Waals surface area contributed by atoms with Crippen LogP contribution in [0.3, 0.4) is 0 Å². The van der Waals surface area contributed by atoms with Crippen molar-refractivity contribution < 1.29 is 15.3 Å². The summed E-state index contributed by atoms with van der Waals surface area (Å²) in [5, 5.41) is 2.77. The maximum absolute atomic E-state index is 14.7. The average Bonchev–Trinajstić information content (AvgIpc) is 3.19. The van der Waals surface area contributed by atoms with Crippen LogP contribution in [0.5, 0.6) is 5.75 Å². The van der Waals surface area contributed by atoms with Crippen molar-refractivity contribution in [3.8, 4) is 5.75 Å². The molecule has 6 heteroatoms. The molecule has 2 aromatic carbocycles. The summed E-state index contributed by atoms with van der Waals surface area (Å²) in [6.07, 6.45) is 3.09. The molecule has 5 nitrogen and oxygen atoms in total. The summed E-state index contributed by atoms with van der Waals surface area (Å²) in [6.45, 7) is 4.41. The third-order valence-electron chi connectivity index (χ3n) is 5.32. The third kappa shape index (κ3) is 5.48. The Balaban J connectivity index is 0.00000320. The summed E-state index contributed by atoms with van der Waals surface area (Å²) in [5.74, 6) is 0.153. The van der Waals surface area contributed by atoms with Gasteiger partial charge in [-0.15, -0.1) is 0 Å². The van der Waals surface area contributed by atoms with Crippen molar-refractivity contribution in [2.75, 3.05) is 44.0 Å². The van der Waals surface area contributed by atoms with Crippen LogP contribution in [0.1, 0.15) is 38.0 Å². The van der Waals surface area contributed by atoms with Gasteiger partial charge in [-0.05, 0) is 69.4 Å². The fourth-order valence-corrected chi connectivity index (χ4v) is 3.46. The SMILES string of the molecule is CCCCOc1ccc(C(=O)Nc2ccc(N3CCC(N(C)C)C3)c(F)c2)cc1.[HH]. The Labute approximate surface area is 173 Å². The highest BCUT2D eigenvalue weighted by Gasteiger charge is 2.25. The molecular formula is C23H32FN3O2. The van der Waals surface area contributed by atoms with Gasteiger partial charge < -0.3 is 19.9 Å². The molecule has 3 rings (SSSR count). The largest absolute Gasteiger partial charge is 0.494 e. The molecule has 1 unspecified atom stereocenters. The summed E-state index contributed by atoms with van der Waals surface area (Å²) >= 11 is 0. The van der Waals surface area contributed by atoms with Gasteiger partial charge in [0.25, 0.3) is 5.91 Å². The highest BCUT2D eigenvalue weighted by molar-refractivity contribution is 6.04. The van der Waals surface area contributed by atoms with Gasteiger partial charge in [-0.2, -0.15) is 0 Å². The maximum atomic E-state index is 14.7. The molecule has 0 spiro atoms. The van der Waals surface area contributed by atoms with E-state index < -0.39 is 0 Å². The smallest absolute Gasteiger partial charge is 0.255 e. The van der Waals surface area contributed by atoms with Gasteiger partial charge >= 0.3 is 0 Å². The second-order valence-corrected chi connectivity index (χ2v) is 7.70. The van der Waals surface area contributed by atoms with Crippen molar-refractivity contribution in [3.63, 3.8) is 0 Å². The standard InChI is InChI=1S/C23H30FN3O2.H2/c1-4-5-14-29-20-9-6-17(7-10-20)23(28)25-18-8-11-22(21(24)15-18)27-13-12-19(16-27)26(2)3;/h6-11,15,19H,4-5,12-14,16H2,1-3H3,(H,25,28);1H. The molecule has 0 aromatic heterocycles. The number of amides is 1. The molecule has 1 fully saturated rings. The lowest BCUT2D eigenvalue weighted by Gasteiger charge is -2.22. The molecule has 1 heterocycles. The Morgan fingerprint density at radius 2 is 2.03 bits per heavy atom. The number of carbonyl (C=O) groups is 1. The van der Waals surface area contributed by atoms with Crippen LogP contribution in [0.4, 0.5) is 15.8 Å². The minimum atomic E-state index is -0.318. The van der Waals surface area contributed by atoms with Gasteiger partial charge in [0.2, 0.25) is 0 Å². The quantitative estimate of drug-likeness (QED) is 0.655. The molecular weight excluding hydrogens is 369 g/mol. The summed E-state index contributed by atoms with van der Waals surface area (Å²) in [5.41, 5.74) is 1.54. The van der Waals surface area contributed by atoms with Gasteiger partial charge in [0.05, 0.1) is 12.3 Å². The van der Waals surface area contributed by atoms with Crippen LogP contribution in [0.2, 0.25) is 0 Å². The predicted molar refractivity (Wildman–Crippen MR) is 118 cm³/mol. The van der Waals surface area contributed by atoms with E-state index in [2.05, 4.69) is 22.0 Å². The summed E-state index contributed by atoms with van der Waals surface area (Å²) in [7, 11) is 4.10. The van der Waals surface area contributed by atoms with Gasteiger partial charge in [0.1, 0.15) is 11.6 Å². The molecule has 2 aromatic rings. The van der Waals surface area contributed by atoms with Gasteiger partial charge in [0, 0.05) is 31.8 Å². The van der Waals surface area contributed by atoms with Crippen LogP contribution in [0.25, 0.3) is 0 Å². The number of hydrogen-bond donors (Lipinski definition) is 1. The molecule has 29 heavy (non-hydrogen) atoms.